The molecule has 0 radical (unpaired) electrons. The van der Waals surface area contributed by atoms with Gasteiger partial charge in [0.2, 0.25) is 16.4 Å². The molecule has 5 rings (SSSR count). The van der Waals surface area contributed by atoms with Crippen LogP contribution < -0.4 is 10.0 Å². The third kappa shape index (κ3) is 7.15. The second kappa shape index (κ2) is 13.1. The molecule has 3 aromatic rings. The van der Waals surface area contributed by atoms with Gasteiger partial charge in [0.05, 0.1) is 30.4 Å². The number of carboxylic acids is 1. The lowest BCUT2D eigenvalue weighted by atomic mass is 9.95. The minimum absolute atomic E-state index is 0.0588. The van der Waals surface area contributed by atoms with Crippen molar-refractivity contribution in [3.63, 3.8) is 0 Å². The lowest BCUT2D eigenvalue weighted by molar-refractivity contribution is -0.139. The summed E-state index contributed by atoms with van der Waals surface area (Å²) in [4.78, 5) is 52.6. The van der Waals surface area contributed by atoms with Crippen molar-refractivity contribution < 1.29 is 37.5 Å². The van der Waals surface area contributed by atoms with Gasteiger partial charge in [-0.2, -0.15) is 4.72 Å². The number of amides is 2. The number of anilines is 1. The first-order valence-electron chi connectivity index (χ1n) is 13.7. The molecule has 2 aliphatic heterocycles. The maximum absolute atomic E-state index is 13.2. The number of likely N-dealkylation sites (tertiary alicyclic amines) is 1. The minimum Gasteiger partial charge on any atom is -0.480 e. The Bertz CT molecular complexity index is 1590. The fourth-order valence-corrected chi connectivity index (χ4v) is 6.30. The molecule has 1 aromatic heterocycles. The van der Waals surface area contributed by atoms with E-state index in [0.717, 1.165) is 10.5 Å². The average molecular weight is 626 g/mol. The molecule has 1 spiro atoms. The number of carbonyl (C=O) groups is 3. The van der Waals surface area contributed by atoms with Gasteiger partial charge in [-0.15, -0.1) is 0 Å². The van der Waals surface area contributed by atoms with E-state index in [-0.39, 0.29) is 30.3 Å². The predicted molar refractivity (Wildman–Crippen MR) is 156 cm³/mol. The van der Waals surface area contributed by atoms with Crippen molar-refractivity contribution in [1.82, 2.24) is 24.5 Å². The van der Waals surface area contributed by atoms with Crippen LogP contribution in [0.25, 0.3) is 0 Å². The zero-order chi connectivity index (χ0) is 31.2. The standard InChI is InChI=1S/C28H31N7O8S/c36-19-34(16-23(25(37)38)33-44(40,41)22-9-5-2-6-10-22)24-14-28(43-32-24)13-21(15-31-26-29-11-12-30-26)35(18-28)27(39)42-17-20-7-3-1-4-8-20/h1-12,19,21,23,33H,13-18H2,(H,37,38)(H2,29,30,31)/t21?,23?,28-/m0/s1. The number of oxime groups is 1. The van der Waals surface area contributed by atoms with Gasteiger partial charge >= 0.3 is 12.1 Å². The van der Waals surface area contributed by atoms with Gasteiger partial charge in [-0.25, -0.2) is 18.2 Å². The molecule has 2 unspecified atom stereocenters. The van der Waals surface area contributed by atoms with Gasteiger partial charge in [0.1, 0.15) is 12.6 Å². The third-order valence-corrected chi connectivity index (χ3v) is 8.75. The summed E-state index contributed by atoms with van der Waals surface area (Å²) in [6.07, 6.45) is 3.41. The Kier molecular flexibility index (Phi) is 9.10. The normalized spacial score (nSPS) is 20.0. The molecule has 4 N–H and O–H groups in total. The summed E-state index contributed by atoms with van der Waals surface area (Å²) in [5.74, 6) is -0.872. The third-order valence-electron chi connectivity index (χ3n) is 7.26. The summed E-state index contributed by atoms with van der Waals surface area (Å²) < 4.78 is 33.3. The van der Waals surface area contributed by atoms with Crippen LogP contribution in [0.1, 0.15) is 18.4 Å². The molecular weight excluding hydrogens is 594 g/mol. The Morgan fingerprint density at radius 2 is 1.93 bits per heavy atom. The van der Waals surface area contributed by atoms with E-state index in [0.29, 0.717) is 25.3 Å². The molecule has 15 nitrogen and oxygen atoms in total. The predicted octanol–water partition coefficient (Wildman–Crippen LogP) is 1.60. The summed E-state index contributed by atoms with van der Waals surface area (Å²) >= 11 is 0. The number of hydrogen-bond acceptors (Lipinski definition) is 10. The first-order chi connectivity index (χ1) is 21.2. The van der Waals surface area contributed by atoms with E-state index >= 15 is 0 Å². The minimum atomic E-state index is -4.20. The van der Waals surface area contributed by atoms with Crippen molar-refractivity contribution in [2.24, 2.45) is 5.16 Å². The van der Waals surface area contributed by atoms with E-state index < -0.39 is 46.3 Å². The van der Waals surface area contributed by atoms with Crippen LogP contribution in [0, 0.1) is 0 Å². The molecule has 44 heavy (non-hydrogen) atoms. The van der Waals surface area contributed by atoms with Gasteiger partial charge in [-0.3, -0.25) is 19.4 Å². The molecule has 3 atom stereocenters. The first kappa shape index (κ1) is 30.5. The molecule has 2 amide bonds. The molecule has 232 valence electrons. The van der Waals surface area contributed by atoms with Crippen molar-refractivity contribution >= 4 is 40.3 Å². The highest BCUT2D eigenvalue weighted by molar-refractivity contribution is 7.89. The summed E-state index contributed by atoms with van der Waals surface area (Å²) in [7, 11) is -4.20. The smallest absolute Gasteiger partial charge is 0.410 e. The fraction of sp³-hybridized carbons (Fsp3) is 0.321. The number of rotatable bonds is 12. The van der Waals surface area contributed by atoms with Gasteiger partial charge in [0, 0.05) is 25.4 Å². The number of carbonyl (C=O) groups excluding carboxylic acids is 2. The SMILES string of the molecule is O=CN(CC(NS(=O)(=O)c1ccccc1)C(=O)O)C1=NO[C@]2(C1)CC(CNc1ncc[nH]1)N(C(=O)OCc1ccccc1)C2. The maximum atomic E-state index is 13.2. The number of aromatic amines is 1. The van der Waals surface area contributed by atoms with Crippen molar-refractivity contribution in [3.8, 4) is 0 Å². The fourth-order valence-electron chi connectivity index (χ4n) is 5.10. The lowest BCUT2D eigenvalue weighted by Gasteiger charge is -2.24. The van der Waals surface area contributed by atoms with Gasteiger partial charge in [0.15, 0.2) is 17.4 Å². The molecule has 0 bridgehead atoms. The van der Waals surface area contributed by atoms with E-state index in [1.165, 1.54) is 29.2 Å². The van der Waals surface area contributed by atoms with Crippen LogP contribution >= 0.6 is 0 Å². The lowest BCUT2D eigenvalue weighted by Crippen LogP contribution is -2.49. The van der Waals surface area contributed by atoms with Gasteiger partial charge in [0.25, 0.3) is 0 Å². The van der Waals surface area contributed by atoms with Crippen molar-refractivity contribution in [1.29, 1.82) is 0 Å². The highest BCUT2D eigenvalue weighted by Crippen LogP contribution is 2.38. The average Bonchev–Trinajstić information content (AvgIpc) is 3.78. The van der Waals surface area contributed by atoms with Crippen LogP contribution in [0.2, 0.25) is 0 Å². The molecule has 16 heteroatoms. The number of aromatic nitrogens is 2. The number of hydrogen-bond donors (Lipinski definition) is 4. The molecule has 1 fully saturated rings. The molecule has 2 aromatic carbocycles. The molecule has 2 aliphatic rings. The highest BCUT2D eigenvalue weighted by atomic mass is 32.2. The first-order valence-corrected chi connectivity index (χ1v) is 15.1. The zero-order valence-electron chi connectivity index (χ0n) is 23.4. The quantitative estimate of drug-likeness (QED) is 0.215. The van der Waals surface area contributed by atoms with Crippen LogP contribution in [0.3, 0.4) is 0 Å². The monoisotopic (exact) mass is 625 g/mol. The largest absolute Gasteiger partial charge is 0.480 e. The van der Waals surface area contributed by atoms with Crippen molar-refractivity contribution in [2.45, 2.75) is 42.0 Å². The number of benzene rings is 2. The Hall–Kier alpha value is -4.96. The number of amidine groups is 1. The summed E-state index contributed by atoms with van der Waals surface area (Å²) in [6, 6.07) is 14.4. The van der Waals surface area contributed by atoms with Crippen LogP contribution in [0.4, 0.5) is 10.7 Å². The number of imidazole rings is 1. The second-order valence-electron chi connectivity index (χ2n) is 10.4. The van der Waals surface area contributed by atoms with Crippen LogP contribution in [-0.4, -0.2) is 94.9 Å². The number of ether oxygens (including phenoxy) is 1. The van der Waals surface area contributed by atoms with Crippen molar-refractivity contribution in [3.05, 3.63) is 78.6 Å². The molecule has 3 heterocycles. The van der Waals surface area contributed by atoms with Crippen LogP contribution in [0.5, 0.6) is 0 Å². The Labute approximate surface area is 252 Å². The van der Waals surface area contributed by atoms with Gasteiger partial charge in [-0.05, 0) is 17.7 Å². The number of carboxylic acid groups (broad SMARTS) is 1. The summed E-state index contributed by atoms with van der Waals surface area (Å²) in [5.41, 5.74) is -0.208. The van der Waals surface area contributed by atoms with E-state index in [2.05, 4.69) is 25.2 Å². The Morgan fingerprint density at radius 1 is 1.20 bits per heavy atom. The van der Waals surface area contributed by atoms with E-state index in [1.807, 2.05) is 30.3 Å². The number of sulfonamides is 1. The number of aliphatic carboxylic acids is 1. The van der Waals surface area contributed by atoms with Crippen LogP contribution in [0.15, 0.2) is 83.1 Å². The molecule has 0 aliphatic carbocycles. The van der Waals surface area contributed by atoms with Gasteiger partial charge in [-0.1, -0.05) is 53.7 Å². The Morgan fingerprint density at radius 3 is 2.59 bits per heavy atom. The molecular formula is C28H31N7O8S. The van der Waals surface area contributed by atoms with E-state index in [4.69, 9.17) is 9.57 Å². The molecule has 1 saturated heterocycles. The zero-order valence-corrected chi connectivity index (χ0v) is 24.2. The summed E-state index contributed by atoms with van der Waals surface area (Å²) in [5, 5.41) is 17.0. The number of nitrogens with one attached hydrogen (secondary N) is 3. The maximum Gasteiger partial charge on any atom is 0.410 e. The number of H-pyrrole nitrogens is 1. The number of nitrogens with zero attached hydrogens (tertiary/aromatic N) is 4. The topological polar surface area (TPSA) is 196 Å². The van der Waals surface area contributed by atoms with Crippen LogP contribution in [-0.2, 0) is 35.8 Å². The van der Waals surface area contributed by atoms with E-state index in [9.17, 15) is 27.9 Å². The van der Waals surface area contributed by atoms with Gasteiger partial charge < -0.3 is 25.0 Å². The van der Waals surface area contributed by atoms with E-state index in [1.54, 1.807) is 18.5 Å². The van der Waals surface area contributed by atoms with Crippen molar-refractivity contribution in [2.75, 3.05) is 25.0 Å². The second-order valence-corrected chi connectivity index (χ2v) is 12.1. The Balaban J connectivity index is 1.27. The molecule has 0 saturated carbocycles. The summed E-state index contributed by atoms with van der Waals surface area (Å²) in [6.45, 7) is -0.101. The highest BCUT2D eigenvalue weighted by Gasteiger charge is 2.53.